The van der Waals surface area contributed by atoms with Gasteiger partial charge in [-0.2, -0.15) is 0 Å². The summed E-state index contributed by atoms with van der Waals surface area (Å²) in [7, 11) is 0. The highest BCUT2D eigenvalue weighted by Crippen LogP contribution is 2.20. The van der Waals surface area contributed by atoms with Crippen molar-refractivity contribution >= 4 is 0 Å². The van der Waals surface area contributed by atoms with Gasteiger partial charge in [-0.3, -0.25) is 4.98 Å². The Morgan fingerprint density at radius 2 is 1.50 bits per heavy atom. The van der Waals surface area contributed by atoms with Crippen molar-refractivity contribution < 1.29 is 5.11 Å². The summed E-state index contributed by atoms with van der Waals surface area (Å²) in [6.07, 6.45) is 12.5. The number of nitrogens with zero attached hydrogens (tertiary/aromatic N) is 1. The predicted molar refractivity (Wildman–Crippen MR) is 93.0 cm³/mol. The molecule has 1 heterocycles. The van der Waals surface area contributed by atoms with Crippen LogP contribution in [0.1, 0.15) is 57.4 Å². The fourth-order valence-corrected chi connectivity index (χ4v) is 2.66. The topological polar surface area (TPSA) is 33.1 Å². The van der Waals surface area contributed by atoms with Crippen molar-refractivity contribution in [2.24, 2.45) is 0 Å². The van der Waals surface area contributed by atoms with E-state index < -0.39 is 0 Å². The number of unbranched alkanes of at least 4 members (excludes halogenated alkanes) is 6. The molecule has 2 heteroatoms. The second kappa shape index (κ2) is 9.24. The normalized spacial score (nSPS) is 10.8. The van der Waals surface area contributed by atoms with Crippen molar-refractivity contribution in [2.75, 3.05) is 0 Å². The van der Waals surface area contributed by atoms with Gasteiger partial charge in [-0.1, -0.05) is 51.5 Å². The van der Waals surface area contributed by atoms with Gasteiger partial charge in [0, 0.05) is 11.8 Å². The van der Waals surface area contributed by atoms with Crippen LogP contribution < -0.4 is 0 Å². The summed E-state index contributed by atoms with van der Waals surface area (Å²) in [4.78, 5) is 4.54. The first-order chi connectivity index (χ1) is 10.8. The fraction of sp³-hybridized carbons (Fsp3) is 0.450. The number of pyridine rings is 1. The van der Waals surface area contributed by atoms with E-state index in [-0.39, 0.29) is 0 Å². The molecule has 2 aromatic rings. The van der Waals surface area contributed by atoms with Gasteiger partial charge >= 0.3 is 0 Å². The van der Waals surface area contributed by atoms with Gasteiger partial charge in [0.1, 0.15) is 5.75 Å². The number of phenolic OH excluding ortho intramolecular Hbond substituents is 1. The summed E-state index contributed by atoms with van der Waals surface area (Å²) in [5.41, 5.74) is 3.32. The Hall–Kier alpha value is -1.83. The first kappa shape index (κ1) is 16.5. The Morgan fingerprint density at radius 1 is 0.818 bits per heavy atom. The zero-order valence-electron chi connectivity index (χ0n) is 13.6. The molecule has 0 unspecified atom stereocenters. The number of hydrogen-bond donors (Lipinski definition) is 1. The lowest BCUT2D eigenvalue weighted by Gasteiger charge is -2.04. The molecule has 0 aliphatic rings. The van der Waals surface area contributed by atoms with Crippen LogP contribution in [0.2, 0.25) is 0 Å². The standard InChI is InChI=1S/C20H27NO/c1-2-3-4-5-6-7-8-9-17-10-15-20(21-16-17)18-11-13-19(22)14-12-18/h10-16,22H,2-9H2,1H3. The number of aryl methyl sites for hydroxylation is 1. The SMILES string of the molecule is CCCCCCCCCc1ccc(-c2ccc(O)cc2)nc1. The Balaban J connectivity index is 1.74. The summed E-state index contributed by atoms with van der Waals surface area (Å²) >= 11 is 0. The van der Waals surface area contributed by atoms with Gasteiger partial charge in [-0.25, -0.2) is 0 Å². The second-order valence-corrected chi connectivity index (χ2v) is 5.97. The molecule has 2 nitrogen and oxygen atoms in total. The van der Waals surface area contributed by atoms with Gasteiger partial charge in [0.05, 0.1) is 5.69 Å². The molecule has 1 aromatic carbocycles. The van der Waals surface area contributed by atoms with Gasteiger partial charge in [0.2, 0.25) is 0 Å². The molecule has 0 amide bonds. The number of aromatic nitrogens is 1. The van der Waals surface area contributed by atoms with Crippen LogP contribution >= 0.6 is 0 Å². The Morgan fingerprint density at radius 3 is 2.14 bits per heavy atom. The minimum atomic E-state index is 0.291. The molecule has 0 atom stereocenters. The van der Waals surface area contributed by atoms with E-state index in [9.17, 15) is 5.11 Å². The third-order valence-corrected chi connectivity index (χ3v) is 4.06. The van der Waals surface area contributed by atoms with Crippen molar-refractivity contribution in [3.63, 3.8) is 0 Å². The summed E-state index contributed by atoms with van der Waals surface area (Å²) in [5, 5.41) is 9.32. The van der Waals surface area contributed by atoms with E-state index >= 15 is 0 Å². The molecule has 1 N–H and O–H groups in total. The van der Waals surface area contributed by atoms with Crippen LogP contribution in [-0.4, -0.2) is 10.1 Å². The maximum atomic E-state index is 9.32. The van der Waals surface area contributed by atoms with Crippen molar-refractivity contribution in [1.82, 2.24) is 4.98 Å². The van der Waals surface area contributed by atoms with E-state index in [1.165, 1.54) is 50.5 Å². The van der Waals surface area contributed by atoms with Gasteiger partial charge in [-0.05, 0) is 48.7 Å². The largest absolute Gasteiger partial charge is 0.508 e. The van der Waals surface area contributed by atoms with Gasteiger partial charge in [0.25, 0.3) is 0 Å². The first-order valence-corrected chi connectivity index (χ1v) is 8.54. The highest BCUT2D eigenvalue weighted by Gasteiger charge is 2.00. The van der Waals surface area contributed by atoms with Crippen molar-refractivity contribution in [3.8, 4) is 17.0 Å². The molecule has 0 saturated carbocycles. The molecule has 0 saturated heterocycles. The maximum Gasteiger partial charge on any atom is 0.115 e. The van der Waals surface area contributed by atoms with Crippen LogP contribution in [0.15, 0.2) is 42.6 Å². The van der Waals surface area contributed by atoms with Crippen molar-refractivity contribution in [1.29, 1.82) is 0 Å². The lowest BCUT2D eigenvalue weighted by Crippen LogP contribution is -1.90. The Kier molecular flexibility index (Phi) is 6.95. The van der Waals surface area contributed by atoms with E-state index in [0.717, 1.165) is 17.7 Å². The highest BCUT2D eigenvalue weighted by molar-refractivity contribution is 5.59. The summed E-state index contributed by atoms with van der Waals surface area (Å²) < 4.78 is 0. The Bertz CT molecular complexity index is 531. The van der Waals surface area contributed by atoms with E-state index in [2.05, 4.69) is 24.0 Å². The fourth-order valence-electron chi connectivity index (χ4n) is 2.66. The molecular formula is C20H27NO. The molecule has 22 heavy (non-hydrogen) atoms. The van der Waals surface area contributed by atoms with E-state index in [1.807, 2.05) is 18.3 Å². The number of hydrogen-bond acceptors (Lipinski definition) is 2. The van der Waals surface area contributed by atoms with Crippen LogP contribution in [0, 0.1) is 0 Å². The summed E-state index contributed by atoms with van der Waals surface area (Å²) in [6, 6.07) is 11.4. The Labute approximate surface area is 134 Å². The third-order valence-electron chi connectivity index (χ3n) is 4.06. The third kappa shape index (κ3) is 5.51. The lowest BCUT2D eigenvalue weighted by atomic mass is 10.0. The minimum Gasteiger partial charge on any atom is -0.508 e. The highest BCUT2D eigenvalue weighted by atomic mass is 16.3. The second-order valence-electron chi connectivity index (χ2n) is 5.97. The molecule has 2 rings (SSSR count). The summed E-state index contributed by atoms with van der Waals surface area (Å²) in [6.45, 7) is 2.26. The van der Waals surface area contributed by atoms with Crippen molar-refractivity contribution in [2.45, 2.75) is 58.3 Å². The molecule has 0 bridgehead atoms. The maximum absolute atomic E-state index is 9.32. The molecule has 0 radical (unpaired) electrons. The zero-order chi connectivity index (χ0) is 15.6. The molecule has 0 spiro atoms. The number of aromatic hydroxyl groups is 1. The molecule has 0 aliphatic heterocycles. The molecule has 1 aromatic heterocycles. The summed E-state index contributed by atoms with van der Waals surface area (Å²) in [5.74, 6) is 0.291. The van der Waals surface area contributed by atoms with Crippen LogP contribution in [0.5, 0.6) is 5.75 Å². The minimum absolute atomic E-state index is 0.291. The van der Waals surface area contributed by atoms with Gasteiger partial charge in [0.15, 0.2) is 0 Å². The number of rotatable bonds is 9. The van der Waals surface area contributed by atoms with Crippen LogP contribution in [0.3, 0.4) is 0 Å². The molecular weight excluding hydrogens is 270 g/mol. The van der Waals surface area contributed by atoms with Gasteiger partial charge in [-0.15, -0.1) is 0 Å². The molecule has 0 fully saturated rings. The number of phenols is 1. The zero-order valence-corrected chi connectivity index (χ0v) is 13.6. The van der Waals surface area contributed by atoms with E-state index in [4.69, 9.17) is 0 Å². The van der Waals surface area contributed by atoms with Crippen LogP contribution in [-0.2, 0) is 6.42 Å². The average molecular weight is 297 g/mol. The lowest BCUT2D eigenvalue weighted by molar-refractivity contribution is 0.475. The number of benzene rings is 1. The average Bonchev–Trinajstić information content (AvgIpc) is 2.55. The molecule has 0 aliphatic carbocycles. The first-order valence-electron chi connectivity index (χ1n) is 8.54. The quantitative estimate of drug-likeness (QED) is 0.598. The van der Waals surface area contributed by atoms with Crippen molar-refractivity contribution in [3.05, 3.63) is 48.2 Å². The molecule has 118 valence electrons. The monoisotopic (exact) mass is 297 g/mol. The predicted octanol–water partition coefficient (Wildman–Crippen LogP) is 5.75. The van der Waals surface area contributed by atoms with Crippen LogP contribution in [0.25, 0.3) is 11.3 Å². The van der Waals surface area contributed by atoms with Gasteiger partial charge < -0.3 is 5.11 Å². The van der Waals surface area contributed by atoms with E-state index in [1.54, 1.807) is 12.1 Å². The smallest absolute Gasteiger partial charge is 0.115 e. The van der Waals surface area contributed by atoms with Crippen LogP contribution in [0.4, 0.5) is 0 Å². The van der Waals surface area contributed by atoms with E-state index in [0.29, 0.717) is 5.75 Å².